The monoisotopic (exact) mass is 139 g/mol. The molecular formula is C7H11N2O+. The lowest BCUT2D eigenvalue weighted by atomic mass is 10.1. The van der Waals surface area contributed by atoms with Crippen LogP contribution >= 0.6 is 0 Å². The number of carbonyl (C=O) groups is 1. The summed E-state index contributed by atoms with van der Waals surface area (Å²) < 4.78 is 0. The summed E-state index contributed by atoms with van der Waals surface area (Å²) in [6, 6.07) is 0. The Morgan fingerprint density at radius 1 is 1.70 bits per heavy atom. The van der Waals surface area contributed by atoms with Crippen molar-refractivity contribution >= 4 is 5.78 Å². The quantitative estimate of drug-likeness (QED) is 0.601. The van der Waals surface area contributed by atoms with Crippen molar-refractivity contribution in [2.45, 2.75) is 13.8 Å². The van der Waals surface area contributed by atoms with Crippen LogP contribution in [-0.2, 0) is 0 Å². The van der Waals surface area contributed by atoms with E-state index in [0.29, 0.717) is 0 Å². The van der Waals surface area contributed by atoms with Crippen LogP contribution < -0.4 is 5.10 Å². The zero-order valence-corrected chi connectivity index (χ0v) is 6.14. The number of aromatic nitrogens is 2. The predicted molar refractivity (Wildman–Crippen MR) is 36.5 cm³/mol. The number of nitrogens with one attached hydrogen (secondary N) is 2. The second-order valence-corrected chi connectivity index (χ2v) is 2.55. The van der Waals surface area contributed by atoms with Crippen molar-refractivity contribution in [1.29, 1.82) is 0 Å². The first-order valence-corrected chi connectivity index (χ1v) is 3.30. The molecule has 0 unspecified atom stereocenters. The number of aromatic amines is 2. The molecule has 1 aromatic rings. The van der Waals surface area contributed by atoms with E-state index >= 15 is 0 Å². The van der Waals surface area contributed by atoms with Crippen LogP contribution in [0.15, 0.2) is 12.4 Å². The lowest BCUT2D eigenvalue weighted by Crippen LogP contribution is -2.06. The summed E-state index contributed by atoms with van der Waals surface area (Å²) in [7, 11) is 0. The Morgan fingerprint density at radius 2 is 2.40 bits per heavy atom. The zero-order chi connectivity index (χ0) is 7.56. The van der Waals surface area contributed by atoms with Crippen LogP contribution in [0.3, 0.4) is 0 Å². The molecule has 10 heavy (non-hydrogen) atoms. The van der Waals surface area contributed by atoms with E-state index in [4.69, 9.17) is 0 Å². The largest absolute Gasteiger partial charge is 0.294 e. The van der Waals surface area contributed by atoms with Crippen LogP contribution in [0.2, 0.25) is 0 Å². The smallest absolute Gasteiger partial charge is 0.203 e. The number of hydrogen-bond donors (Lipinski definition) is 1. The summed E-state index contributed by atoms with van der Waals surface area (Å²) in [5.74, 6) is 0.238. The van der Waals surface area contributed by atoms with Crippen molar-refractivity contribution in [1.82, 2.24) is 5.10 Å². The summed E-state index contributed by atoms with van der Waals surface area (Å²) >= 11 is 0. The highest BCUT2D eigenvalue weighted by Crippen LogP contribution is 2.03. The SMILES string of the molecule is CC(C)C(=O)c1c[nH][nH+]c1. The Bertz CT molecular complexity index is 214. The Labute approximate surface area is 59.4 Å². The molecule has 2 N–H and O–H groups in total. The average Bonchev–Trinajstić information content (AvgIpc) is 2.36. The van der Waals surface area contributed by atoms with Crippen molar-refractivity contribution in [3.05, 3.63) is 18.0 Å². The maximum absolute atomic E-state index is 11.2. The lowest BCUT2D eigenvalue weighted by molar-refractivity contribution is -0.449. The van der Waals surface area contributed by atoms with Gasteiger partial charge in [-0.3, -0.25) is 4.79 Å². The molecule has 1 heterocycles. The van der Waals surface area contributed by atoms with Gasteiger partial charge in [0.25, 0.3) is 0 Å². The van der Waals surface area contributed by atoms with Crippen LogP contribution in [0.1, 0.15) is 24.2 Å². The fraction of sp³-hybridized carbons (Fsp3) is 0.429. The summed E-state index contributed by atoms with van der Waals surface area (Å²) in [5.41, 5.74) is 0.718. The van der Waals surface area contributed by atoms with Crippen LogP contribution in [0, 0.1) is 5.92 Å². The Kier molecular flexibility index (Phi) is 1.85. The molecule has 3 heteroatoms. The minimum Gasteiger partial charge on any atom is -0.294 e. The molecule has 1 rings (SSSR count). The van der Waals surface area contributed by atoms with E-state index in [0.717, 1.165) is 5.56 Å². The number of ketones is 1. The van der Waals surface area contributed by atoms with Gasteiger partial charge in [-0.1, -0.05) is 13.8 Å². The topological polar surface area (TPSA) is 47.0 Å². The van der Waals surface area contributed by atoms with Gasteiger partial charge in [-0.05, 0) is 0 Å². The minimum atomic E-state index is 0.0733. The minimum absolute atomic E-state index is 0.0733. The third-order valence-electron chi connectivity index (χ3n) is 1.35. The summed E-state index contributed by atoms with van der Waals surface area (Å²) in [6.45, 7) is 3.77. The fourth-order valence-corrected chi connectivity index (χ4v) is 0.756. The molecule has 0 spiro atoms. The molecule has 54 valence electrons. The first-order valence-electron chi connectivity index (χ1n) is 3.30. The molecule has 0 aliphatic carbocycles. The highest BCUT2D eigenvalue weighted by atomic mass is 16.1. The summed E-state index contributed by atoms with van der Waals surface area (Å²) in [5, 5.41) is 5.44. The van der Waals surface area contributed by atoms with E-state index in [1.54, 1.807) is 12.4 Å². The Morgan fingerprint density at radius 3 is 2.80 bits per heavy atom. The molecule has 0 bridgehead atoms. The first-order chi connectivity index (χ1) is 4.72. The van der Waals surface area contributed by atoms with Gasteiger partial charge < -0.3 is 0 Å². The number of Topliss-reactive ketones (excluding diaryl/α,β-unsaturated/α-hetero) is 1. The van der Waals surface area contributed by atoms with Crippen molar-refractivity contribution < 1.29 is 9.89 Å². The van der Waals surface area contributed by atoms with Crippen LogP contribution in [0.5, 0.6) is 0 Å². The van der Waals surface area contributed by atoms with E-state index in [2.05, 4.69) is 10.2 Å². The summed E-state index contributed by atoms with van der Waals surface area (Å²) in [4.78, 5) is 11.2. The molecule has 0 saturated carbocycles. The molecule has 0 atom stereocenters. The maximum atomic E-state index is 11.2. The van der Waals surface area contributed by atoms with E-state index in [1.807, 2.05) is 13.8 Å². The van der Waals surface area contributed by atoms with Crippen LogP contribution in [-0.4, -0.2) is 10.9 Å². The highest BCUT2D eigenvalue weighted by molar-refractivity contribution is 5.96. The summed E-state index contributed by atoms with van der Waals surface area (Å²) in [6.07, 6.45) is 3.34. The van der Waals surface area contributed by atoms with Gasteiger partial charge in [0, 0.05) is 5.92 Å². The van der Waals surface area contributed by atoms with Gasteiger partial charge in [-0.15, -0.1) is 5.10 Å². The first kappa shape index (κ1) is 6.99. The number of hydrogen-bond acceptors (Lipinski definition) is 1. The number of carbonyl (C=O) groups excluding carboxylic acids is 1. The number of rotatable bonds is 2. The van der Waals surface area contributed by atoms with Gasteiger partial charge in [0.1, 0.15) is 5.56 Å². The van der Waals surface area contributed by atoms with Crippen LogP contribution in [0.4, 0.5) is 0 Å². The molecule has 0 aromatic carbocycles. The second-order valence-electron chi connectivity index (χ2n) is 2.55. The van der Waals surface area contributed by atoms with Crippen molar-refractivity contribution in [3.63, 3.8) is 0 Å². The third kappa shape index (κ3) is 1.23. The van der Waals surface area contributed by atoms with Gasteiger partial charge in [0.05, 0.1) is 6.20 Å². The van der Waals surface area contributed by atoms with Crippen LogP contribution in [0.25, 0.3) is 0 Å². The van der Waals surface area contributed by atoms with Gasteiger partial charge in [-0.25, -0.2) is 0 Å². The van der Waals surface area contributed by atoms with Gasteiger partial charge in [0.15, 0.2) is 5.78 Å². The molecule has 0 radical (unpaired) electrons. The molecule has 0 saturated heterocycles. The molecule has 1 aromatic heterocycles. The molecule has 0 aliphatic heterocycles. The Hall–Kier alpha value is -1.12. The van der Waals surface area contributed by atoms with E-state index in [9.17, 15) is 4.79 Å². The van der Waals surface area contributed by atoms with Gasteiger partial charge >= 0.3 is 0 Å². The predicted octanol–water partition coefficient (Wildman–Crippen LogP) is 0.667. The van der Waals surface area contributed by atoms with Gasteiger partial charge in [0.2, 0.25) is 6.20 Å². The lowest BCUT2D eigenvalue weighted by Gasteiger charge is -1.96. The Balaban J connectivity index is 2.78. The fourth-order valence-electron chi connectivity index (χ4n) is 0.756. The van der Waals surface area contributed by atoms with E-state index in [-0.39, 0.29) is 11.7 Å². The maximum Gasteiger partial charge on any atom is 0.203 e. The van der Waals surface area contributed by atoms with E-state index < -0.39 is 0 Å². The molecule has 0 fully saturated rings. The van der Waals surface area contributed by atoms with Gasteiger partial charge in [-0.2, -0.15) is 5.10 Å². The molecule has 0 amide bonds. The number of H-pyrrole nitrogens is 2. The molecular weight excluding hydrogens is 128 g/mol. The van der Waals surface area contributed by atoms with Crippen molar-refractivity contribution in [2.24, 2.45) is 5.92 Å². The van der Waals surface area contributed by atoms with Crippen molar-refractivity contribution in [3.8, 4) is 0 Å². The molecule has 3 nitrogen and oxygen atoms in total. The standard InChI is InChI=1S/C7H10N2O/c1-5(2)7(10)6-3-8-9-4-6/h3-5H,1-2H3,(H,8,9)/p+1. The zero-order valence-electron chi connectivity index (χ0n) is 6.14. The normalized spacial score (nSPS) is 10.3. The average molecular weight is 139 g/mol. The van der Waals surface area contributed by atoms with E-state index in [1.165, 1.54) is 0 Å². The molecule has 0 aliphatic rings. The highest BCUT2D eigenvalue weighted by Gasteiger charge is 2.12. The second kappa shape index (κ2) is 2.64. The van der Waals surface area contributed by atoms with Crippen molar-refractivity contribution in [2.75, 3.05) is 0 Å². The third-order valence-corrected chi connectivity index (χ3v) is 1.35.